The second-order valence-electron chi connectivity index (χ2n) is 12.2. The van der Waals surface area contributed by atoms with Crippen molar-refractivity contribution in [1.29, 1.82) is 0 Å². The van der Waals surface area contributed by atoms with Crippen LogP contribution < -0.4 is 10.1 Å². The number of likely N-dealkylation sites (tertiary alicyclic amines) is 1. The molecule has 3 rings (SSSR count). The van der Waals surface area contributed by atoms with E-state index in [-0.39, 0.29) is 11.8 Å². The molecule has 1 aliphatic heterocycles. The van der Waals surface area contributed by atoms with Gasteiger partial charge in [-0.2, -0.15) is 0 Å². The lowest BCUT2D eigenvalue weighted by Gasteiger charge is -2.43. The first-order valence-electron chi connectivity index (χ1n) is 15.2. The lowest BCUT2D eigenvalue weighted by atomic mass is 9.73. The Bertz CT molecular complexity index is 1050. The minimum atomic E-state index is -1.12. The first-order chi connectivity index (χ1) is 19.2. The average molecular weight is 553 g/mol. The van der Waals surface area contributed by atoms with E-state index in [1.54, 1.807) is 7.11 Å². The van der Waals surface area contributed by atoms with Crippen LogP contribution in [0.1, 0.15) is 75.5 Å². The Morgan fingerprint density at radius 2 is 1.85 bits per heavy atom. The molecule has 222 valence electrons. The van der Waals surface area contributed by atoms with Crippen molar-refractivity contribution in [3.63, 3.8) is 0 Å². The summed E-state index contributed by atoms with van der Waals surface area (Å²) in [6.07, 6.45) is 5.61. The van der Waals surface area contributed by atoms with Gasteiger partial charge in [-0.25, -0.2) is 0 Å². The first kappa shape index (κ1) is 32.1. The van der Waals surface area contributed by atoms with Gasteiger partial charge in [0.2, 0.25) is 5.91 Å². The van der Waals surface area contributed by atoms with Gasteiger partial charge in [0.05, 0.1) is 5.60 Å². The van der Waals surface area contributed by atoms with Crippen LogP contribution in [0.5, 0.6) is 11.5 Å². The van der Waals surface area contributed by atoms with E-state index in [2.05, 4.69) is 39.1 Å². The van der Waals surface area contributed by atoms with Gasteiger partial charge in [0.25, 0.3) is 0 Å². The monoisotopic (exact) mass is 552 g/mol. The molecule has 40 heavy (non-hydrogen) atoms. The molecule has 1 heterocycles. The van der Waals surface area contributed by atoms with Crippen LogP contribution in [0.4, 0.5) is 0 Å². The van der Waals surface area contributed by atoms with Gasteiger partial charge in [-0.15, -0.1) is 0 Å². The number of nitrogens with one attached hydrogen (secondary N) is 1. The third kappa shape index (κ3) is 9.05. The van der Waals surface area contributed by atoms with E-state index in [9.17, 15) is 9.90 Å². The van der Waals surface area contributed by atoms with Crippen molar-refractivity contribution in [2.24, 2.45) is 17.8 Å². The fourth-order valence-electron chi connectivity index (χ4n) is 6.17. The number of aryl methyl sites for hydroxylation is 2. The summed E-state index contributed by atoms with van der Waals surface area (Å²) < 4.78 is 11.7. The summed E-state index contributed by atoms with van der Waals surface area (Å²) in [6, 6.07) is 14.1. The molecule has 0 aliphatic carbocycles. The maximum absolute atomic E-state index is 13.5. The van der Waals surface area contributed by atoms with Crippen molar-refractivity contribution in [3.05, 3.63) is 59.2 Å². The Morgan fingerprint density at radius 3 is 2.52 bits per heavy atom. The number of piperidine rings is 1. The predicted molar refractivity (Wildman–Crippen MR) is 163 cm³/mol. The number of rotatable bonds is 15. The highest BCUT2D eigenvalue weighted by Gasteiger charge is 2.43. The van der Waals surface area contributed by atoms with E-state index >= 15 is 0 Å². The highest BCUT2D eigenvalue weighted by Crippen LogP contribution is 2.45. The molecule has 0 aromatic heterocycles. The maximum Gasteiger partial charge on any atom is 0.222 e. The minimum Gasteiger partial charge on any atom is -0.457 e. The number of benzene rings is 2. The fourth-order valence-corrected chi connectivity index (χ4v) is 6.17. The van der Waals surface area contributed by atoms with E-state index in [4.69, 9.17) is 9.47 Å². The molecule has 6 heteroatoms. The number of methoxy groups -OCH3 is 1. The molecule has 3 atom stereocenters. The predicted octanol–water partition coefficient (Wildman–Crippen LogP) is 6.61. The molecule has 0 unspecified atom stereocenters. The van der Waals surface area contributed by atoms with E-state index in [1.807, 2.05) is 48.3 Å². The number of nitrogens with zero attached hydrogens (tertiary/aromatic N) is 1. The number of unbranched alkanes of at least 4 members (excludes halogenated alkanes) is 1. The SMILES string of the molecule is CNC[C@@H](CC(=O)N1CCC[C@@H]([C@@](O)(CCCCOC)c2cc(C)ccc2Oc2ccc(C)cc2)C1)CC(C)C. The fraction of sp³-hybridized carbons (Fsp3) is 0.618. The minimum absolute atomic E-state index is 0.0808. The Balaban J connectivity index is 1.90. The highest BCUT2D eigenvalue weighted by atomic mass is 16.5. The number of ether oxygens (including phenoxy) is 2. The zero-order valence-electron chi connectivity index (χ0n) is 25.7. The summed E-state index contributed by atoms with van der Waals surface area (Å²) in [6.45, 7) is 11.4. The quantitative estimate of drug-likeness (QED) is 0.243. The van der Waals surface area contributed by atoms with Gasteiger partial charge in [-0.3, -0.25) is 4.79 Å². The molecule has 2 N–H and O–H groups in total. The van der Waals surface area contributed by atoms with Crippen LogP contribution in [0.2, 0.25) is 0 Å². The van der Waals surface area contributed by atoms with Crippen molar-refractivity contribution in [2.45, 2.75) is 78.2 Å². The third-order valence-electron chi connectivity index (χ3n) is 8.22. The lowest BCUT2D eigenvalue weighted by molar-refractivity contribution is -0.138. The van der Waals surface area contributed by atoms with Gasteiger partial charge in [0.15, 0.2) is 0 Å². The third-order valence-corrected chi connectivity index (χ3v) is 8.22. The van der Waals surface area contributed by atoms with Crippen molar-refractivity contribution in [1.82, 2.24) is 10.2 Å². The van der Waals surface area contributed by atoms with E-state index in [0.717, 1.165) is 62.1 Å². The zero-order valence-corrected chi connectivity index (χ0v) is 25.7. The molecule has 6 nitrogen and oxygen atoms in total. The van der Waals surface area contributed by atoms with Gasteiger partial charge in [-0.1, -0.05) is 43.2 Å². The van der Waals surface area contributed by atoms with Crippen LogP contribution in [0.3, 0.4) is 0 Å². The second kappa shape index (κ2) is 15.6. The second-order valence-corrected chi connectivity index (χ2v) is 12.2. The summed E-state index contributed by atoms with van der Waals surface area (Å²) in [5.41, 5.74) is 1.94. The van der Waals surface area contributed by atoms with Crippen LogP contribution >= 0.6 is 0 Å². The molecule has 0 radical (unpaired) electrons. The summed E-state index contributed by atoms with van der Waals surface area (Å²) in [7, 11) is 3.67. The number of carbonyl (C=O) groups is 1. The van der Waals surface area contributed by atoms with Crippen LogP contribution in [-0.2, 0) is 15.1 Å². The van der Waals surface area contributed by atoms with Crippen LogP contribution in [0.15, 0.2) is 42.5 Å². The summed E-state index contributed by atoms with van der Waals surface area (Å²) >= 11 is 0. The van der Waals surface area contributed by atoms with Gasteiger partial charge in [-0.05, 0) is 102 Å². The molecule has 1 aliphatic rings. The molecular formula is C34H52N2O4. The molecule has 1 fully saturated rings. The van der Waals surface area contributed by atoms with Crippen molar-refractivity contribution in [2.75, 3.05) is 40.4 Å². The topological polar surface area (TPSA) is 71.0 Å². The maximum atomic E-state index is 13.5. The summed E-state index contributed by atoms with van der Waals surface area (Å²) in [5, 5.41) is 15.9. The van der Waals surface area contributed by atoms with Gasteiger partial charge in [0, 0.05) is 44.7 Å². The molecular weight excluding hydrogens is 500 g/mol. The molecule has 0 spiro atoms. The normalized spacial score (nSPS) is 18.0. The molecule has 1 saturated heterocycles. The Hall–Kier alpha value is -2.41. The summed E-state index contributed by atoms with van der Waals surface area (Å²) in [4.78, 5) is 15.5. The number of hydrogen-bond acceptors (Lipinski definition) is 5. The largest absolute Gasteiger partial charge is 0.457 e. The van der Waals surface area contributed by atoms with Crippen molar-refractivity contribution < 1.29 is 19.4 Å². The molecule has 2 aromatic carbocycles. The van der Waals surface area contributed by atoms with Crippen molar-refractivity contribution >= 4 is 5.91 Å². The zero-order chi connectivity index (χ0) is 29.1. The molecule has 0 saturated carbocycles. The van der Waals surface area contributed by atoms with Crippen LogP contribution in [0, 0.1) is 31.6 Å². The number of carbonyl (C=O) groups excluding carboxylic acids is 1. The Morgan fingerprint density at radius 1 is 1.12 bits per heavy atom. The first-order valence-corrected chi connectivity index (χ1v) is 15.2. The van der Waals surface area contributed by atoms with Gasteiger partial charge < -0.3 is 24.8 Å². The smallest absolute Gasteiger partial charge is 0.222 e. The van der Waals surface area contributed by atoms with Gasteiger partial charge >= 0.3 is 0 Å². The van der Waals surface area contributed by atoms with Crippen LogP contribution in [-0.4, -0.2) is 56.3 Å². The Kier molecular flexibility index (Phi) is 12.5. The molecule has 0 bridgehead atoms. The number of amides is 1. The number of aliphatic hydroxyl groups is 1. The van der Waals surface area contributed by atoms with E-state index in [1.165, 1.54) is 5.56 Å². The highest BCUT2D eigenvalue weighted by molar-refractivity contribution is 5.76. The van der Waals surface area contributed by atoms with Crippen LogP contribution in [0.25, 0.3) is 0 Å². The van der Waals surface area contributed by atoms with Crippen molar-refractivity contribution in [3.8, 4) is 11.5 Å². The number of hydrogen-bond donors (Lipinski definition) is 2. The molecule has 1 amide bonds. The Labute approximate surface area is 242 Å². The lowest BCUT2D eigenvalue weighted by Crippen LogP contribution is -2.48. The van der Waals surface area contributed by atoms with E-state index in [0.29, 0.717) is 43.6 Å². The van der Waals surface area contributed by atoms with E-state index < -0.39 is 5.60 Å². The van der Waals surface area contributed by atoms with Gasteiger partial charge in [0.1, 0.15) is 11.5 Å². The standard InChI is InChI=1S/C34H52N2O4/c1-25(2)20-28(23-35-5)22-33(37)36-18-9-10-29(24-36)34(38,17-7-8-19-39-6)31-21-27(4)13-16-32(31)40-30-14-11-26(3)12-15-30/h11-16,21,25,28-29,35,38H,7-10,17-20,22-24H2,1-6H3/t28-,29-,34+/m1/s1. The molecule has 2 aromatic rings. The average Bonchev–Trinajstić information content (AvgIpc) is 2.93. The summed E-state index contributed by atoms with van der Waals surface area (Å²) in [5.74, 6) is 2.41.